The molecule has 2 nitrogen and oxygen atoms in total. The lowest BCUT2D eigenvalue weighted by Gasteiger charge is -2.15. The lowest BCUT2D eigenvalue weighted by Crippen LogP contribution is -2.27. The lowest BCUT2D eigenvalue weighted by atomic mass is 10.0. The fourth-order valence-electron chi connectivity index (χ4n) is 1.36. The molecule has 0 radical (unpaired) electrons. The molecule has 0 aliphatic heterocycles. The molecule has 82 valence electrons. The average molecular weight is 273 g/mol. The lowest BCUT2D eigenvalue weighted by molar-refractivity contribution is 0.515. The van der Waals surface area contributed by atoms with Gasteiger partial charge in [-0.25, -0.2) is 4.39 Å². The number of benzene rings is 1. The summed E-state index contributed by atoms with van der Waals surface area (Å²) in [5, 5.41) is 0. The molecule has 0 aromatic heterocycles. The smallest absolute Gasteiger partial charge is 0.137 e. The zero-order valence-electron chi connectivity index (χ0n) is 8.34. The predicted octanol–water partition coefficient (Wildman–Crippen LogP) is 3.06. The van der Waals surface area contributed by atoms with Crippen molar-refractivity contribution in [3.8, 4) is 0 Å². The molecule has 4 heteroatoms. The van der Waals surface area contributed by atoms with Crippen LogP contribution in [0.3, 0.4) is 0 Å². The van der Waals surface area contributed by atoms with Crippen LogP contribution in [-0.2, 0) is 0 Å². The van der Waals surface area contributed by atoms with Crippen LogP contribution in [0.4, 0.5) is 4.39 Å². The van der Waals surface area contributed by atoms with Crippen molar-refractivity contribution in [1.29, 1.82) is 0 Å². The van der Waals surface area contributed by atoms with Gasteiger partial charge < -0.3 is 0 Å². The molecule has 15 heavy (non-hydrogen) atoms. The summed E-state index contributed by atoms with van der Waals surface area (Å²) in [5.41, 5.74) is 3.52. The predicted molar refractivity (Wildman–Crippen MR) is 63.6 cm³/mol. The first-order valence-electron chi connectivity index (χ1n) is 4.71. The number of hydrazine groups is 1. The maximum atomic E-state index is 13.3. The highest BCUT2D eigenvalue weighted by atomic mass is 79.9. The van der Waals surface area contributed by atoms with Crippen molar-refractivity contribution < 1.29 is 4.39 Å². The summed E-state index contributed by atoms with van der Waals surface area (Å²) < 4.78 is 13.7. The van der Waals surface area contributed by atoms with Crippen molar-refractivity contribution in [2.75, 3.05) is 0 Å². The molecule has 0 heterocycles. The van der Waals surface area contributed by atoms with Crippen LogP contribution in [0.2, 0.25) is 0 Å². The minimum atomic E-state index is -0.272. The van der Waals surface area contributed by atoms with Crippen LogP contribution in [0.15, 0.2) is 35.3 Å². The van der Waals surface area contributed by atoms with Crippen LogP contribution in [0.1, 0.15) is 24.4 Å². The van der Waals surface area contributed by atoms with Gasteiger partial charge in [0.1, 0.15) is 5.82 Å². The Kier molecular flexibility index (Phi) is 4.94. The van der Waals surface area contributed by atoms with E-state index in [1.807, 2.05) is 12.1 Å². The first-order valence-corrected chi connectivity index (χ1v) is 5.50. The summed E-state index contributed by atoms with van der Waals surface area (Å²) in [6.07, 6.45) is 3.47. The average Bonchev–Trinajstić information content (AvgIpc) is 2.24. The van der Waals surface area contributed by atoms with Crippen LogP contribution in [0.5, 0.6) is 0 Å². The van der Waals surface area contributed by atoms with E-state index in [4.69, 9.17) is 5.84 Å². The molecule has 0 spiro atoms. The highest BCUT2D eigenvalue weighted by molar-refractivity contribution is 9.10. The number of rotatable bonds is 5. The van der Waals surface area contributed by atoms with E-state index < -0.39 is 0 Å². The zero-order chi connectivity index (χ0) is 11.3. The van der Waals surface area contributed by atoms with Crippen LogP contribution in [0.25, 0.3) is 0 Å². The third kappa shape index (κ3) is 3.41. The van der Waals surface area contributed by atoms with Gasteiger partial charge in [0.2, 0.25) is 0 Å². The molecule has 0 bridgehead atoms. The maximum absolute atomic E-state index is 13.3. The highest BCUT2D eigenvalue weighted by Gasteiger charge is 2.10. The first-order chi connectivity index (χ1) is 7.19. The Labute approximate surface area is 97.5 Å². The SMILES string of the molecule is C=CCCC(NN)c1ccc(Br)c(F)c1. The first kappa shape index (κ1) is 12.4. The van der Waals surface area contributed by atoms with Crippen LogP contribution in [0, 0.1) is 5.82 Å². The van der Waals surface area contributed by atoms with E-state index in [0.717, 1.165) is 18.4 Å². The largest absolute Gasteiger partial charge is 0.271 e. The number of hydrogen-bond donors (Lipinski definition) is 2. The minimum Gasteiger partial charge on any atom is -0.271 e. The van der Waals surface area contributed by atoms with Gasteiger partial charge in [-0.1, -0.05) is 12.1 Å². The molecule has 0 aliphatic rings. The fourth-order valence-corrected chi connectivity index (χ4v) is 1.61. The molecular weight excluding hydrogens is 259 g/mol. The van der Waals surface area contributed by atoms with Gasteiger partial charge in [0.15, 0.2) is 0 Å². The molecule has 1 atom stereocenters. The van der Waals surface area contributed by atoms with E-state index in [2.05, 4.69) is 27.9 Å². The second-order valence-electron chi connectivity index (χ2n) is 3.26. The number of halogens is 2. The van der Waals surface area contributed by atoms with E-state index in [1.165, 1.54) is 6.07 Å². The maximum Gasteiger partial charge on any atom is 0.137 e. The van der Waals surface area contributed by atoms with E-state index in [0.29, 0.717) is 4.47 Å². The number of nitrogens with two attached hydrogens (primary N) is 1. The van der Waals surface area contributed by atoms with Gasteiger partial charge in [0.25, 0.3) is 0 Å². The van der Waals surface area contributed by atoms with Crippen LogP contribution < -0.4 is 11.3 Å². The van der Waals surface area contributed by atoms with E-state index >= 15 is 0 Å². The van der Waals surface area contributed by atoms with E-state index in [9.17, 15) is 4.39 Å². The second kappa shape index (κ2) is 6.00. The monoisotopic (exact) mass is 272 g/mol. The molecule has 1 unspecified atom stereocenters. The zero-order valence-corrected chi connectivity index (χ0v) is 9.93. The van der Waals surface area contributed by atoms with Gasteiger partial charge in [-0.3, -0.25) is 11.3 Å². The summed E-state index contributed by atoms with van der Waals surface area (Å²) in [4.78, 5) is 0. The van der Waals surface area contributed by atoms with Gasteiger partial charge in [0, 0.05) is 6.04 Å². The summed E-state index contributed by atoms with van der Waals surface area (Å²) >= 11 is 3.11. The summed E-state index contributed by atoms with van der Waals surface area (Å²) in [6, 6.07) is 4.98. The third-order valence-corrected chi connectivity index (χ3v) is 2.85. The Morgan fingerprint density at radius 1 is 1.60 bits per heavy atom. The van der Waals surface area contributed by atoms with Crippen LogP contribution in [-0.4, -0.2) is 0 Å². The number of allylic oxidation sites excluding steroid dienone is 1. The van der Waals surface area contributed by atoms with Crippen molar-refractivity contribution in [3.63, 3.8) is 0 Å². The topological polar surface area (TPSA) is 38.0 Å². The summed E-state index contributed by atoms with van der Waals surface area (Å²) in [5.74, 6) is 5.14. The molecule has 3 N–H and O–H groups in total. The van der Waals surface area contributed by atoms with Crippen molar-refractivity contribution in [2.45, 2.75) is 18.9 Å². The number of hydrogen-bond acceptors (Lipinski definition) is 2. The molecule has 0 saturated heterocycles. The van der Waals surface area contributed by atoms with Gasteiger partial charge in [-0.05, 0) is 46.5 Å². The van der Waals surface area contributed by atoms with E-state index in [-0.39, 0.29) is 11.9 Å². The Balaban J connectivity index is 2.82. The van der Waals surface area contributed by atoms with Crippen molar-refractivity contribution >= 4 is 15.9 Å². The van der Waals surface area contributed by atoms with Gasteiger partial charge >= 0.3 is 0 Å². The Hall–Kier alpha value is -0.710. The molecular formula is C11H14BrFN2. The van der Waals surface area contributed by atoms with Gasteiger partial charge in [-0.2, -0.15) is 0 Å². The molecule has 1 rings (SSSR count). The Morgan fingerprint density at radius 3 is 2.87 bits per heavy atom. The van der Waals surface area contributed by atoms with Crippen molar-refractivity contribution in [3.05, 3.63) is 46.7 Å². The summed E-state index contributed by atoms with van der Waals surface area (Å²) in [6.45, 7) is 3.64. The van der Waals surface area contributed by atoms with Crippen LogP contribution >= 0.6 is 15.9 Å². The Bertz CT molecular complexity index is 341. The second-order valence-corrected chi connectivity index (χ2v) is 4.11. The highest BCUT2D eigenvalue weighted by Crippen LogP contribution is 2.23. The van der Waals surface area contributed by atoms with Crippen molar-refractivity contribution in [2.24, 2.45) is 5.84 Å². The number of nitrogens with one attached hydrogen (secondary N) is 1. The van der Waals surface area contributed by atoms with Crippen molar-refractivity contribution in [1.82, 2.24) is 5.43 Å². The van der Waals surface area contributed by atoms with Gasteiger partial charge in [-0.15, -0.1) is 6.58 Å². The molecule has 1 aromatic carbocycles. The van der Waals surface area contributed by atoms with Gasteiger partial charge in [0.05, 0.1) is 4.47 Å². The third-order valence-electron chi connectivity index (χ3n) is 2.21. The quantitative estimate of drug-likeness (QED) is 0.491. The minimum absolute atomic E-state index is 0.0365. The fraction of sp³-hybridized carbons (Fsp3) is 0.273. The molecule has 0 fully saturated rings. The summed E-state index contributed by atoms with van der Waals surface area (Å²) in [7, 11) is 0. The molecule has 1 aromatic rings. The normalized spacial score (nSPS) is 12.5. The molecule has 0 aliphatic carbocycles. The Morgan fingerprint density at radius 2 is 2.33 bits per heavy atom. The van der Waals surface area contributed by atoms with E-state index in [1.54, 1.807) is 6.07 Å². The molecule has 0 amide bonds. The molecule has 0 saturated carbocycles. The standard InChI is InChI=1S/C11H14BrFN2/c1-2-3-4-11(15-14)8-5-6-9(12)10(13)7-8/h2,5-7,11,15H,1,3-4,14H2.